The summed E-state index contributed by atoms with van der Waals surface area (Å²) in [6.07, 6.45) is 0.805. The van der Waals surface area contributed by atoms with Gasteiger partial charge in [0.05, 0.1) is 6.04 Å². The summed E-state index contributed by atoms with van der Waals surface area (Å²) < 4.78 is 5.87. The van der Waals surface area contributed by atoms with Crippen LogP contribution in [0.2, 0.25) is 0 Å². The van der Waals surface area contributed by atoms with Gasteiger partial charge in [0, 0.05) is 25.0 Å². The molecule has 1 aliphatic heterocycles. The first kappa shape index (κ1) is 22.9. The van der Waals surface area contributed by atoms with E-state index in [0.717, 1.165) is 17.5 Å². The Bertz CT molecular complexity index is 914. The van der Waals surface area contributed by atoms with Gasteiger partial charge in [0.2, 0.25) is 5.91 Å². The number of rotatable bonds is 6. The number of likely N-dealkylation sites (N-methyl/N-ethyl adjacent to an activating group) is 1. The largest absolute Gasteiger partial charge is 0.484 e. The summed E-state index contributed by atoms with van der Waals surface area (Å²) in [5, 5.41) is 0. The van der Waals surface area contributed by atoms with Crippen LogP contribution in [0.4, 0.5) is 0 Å². The molecule has 0 N–H and O–H groups in total. The van der Waals surface area contributed by atoms with Gasteiger partial charge >= 0.3 is 0 Å². The topological polar surface area (TPSA) is 49.9 Å². The van der Waals surface area contributed by atoms with Crippen molar-refractivity contribution in [3.8, 4) is 5.75 Å². The molecule has 31 heavy (non-hydrogen) atoms. The minimum atomic E-state index is -0.463. The summed E-state index contributed by atoms with van der Waals surface area (Å²) in [5.41, 5.74) is 2.91. The fourth-order valence-electron chi connectivity index (χ4n) is 4.14. The van der Waals surface area contributed by atoms with Gasteiger partial charge in [-0.3, -0.25) is 9.59 Å². The second-order valence-corrected chi connectivity index (χ2v) is 9.03. The molecule has 2 amide bonds. The lowest BCUT2D eigenvalue weighted by Crippen LogP contribution is -2.45. The number of ether oxygens (including phenoxy) is 1. The molecule has 1 unspecified atom stereocenters. The van der Waals surface area contributed by atoms with Crippen molar-refractivity contribution >= 4 is 11.8 Å². The molecule has 166 valence electrons. The Morgan fingerprint density at radius 1 is 1.06 bits per heavy atom. The third-order valence-corrected chi connectivity index (χ3v) is 5.84. The lowest BCUT2D eigenvalue weighted by molar-refractivity contribution is -0.141. The zero-order valence-corrected chi connectivity index (χ0v) is 19.4. The molecule has 0 bridgehead atoms. The lowest BCUT2D eigenvalue weighted by atomic mass is 9.85. The van der Waals surface area contributed by atoms with E-state index in [1.165, 1.54) is 5.56 Å². The Morgan fingerprint density at radius 3 is 2.35 bits per heavy atom. The van der Waals surface area contributed by atoms with Gasteiger partial charge in [-0.1, -0.05) is 57.2 Å². The van der Waals surface area contributed by atoms with E-state index in [4.69, 9.17) is 4.74 Å². The molecule has 1 aliphatic rings. The Labute approximate surface area is 186 Å². The number of hydrogen-bond donors (Lipinski definition) is 0. The predicted molar refractivity (Wildman–Crippen MR) is 123 cm³/mol. The van der Waals surface area contributed by atoms with Crippen LogP contribution < -0.4 is 4.74 Å². The maximum absolute atomic E-state index is 13.3. The second kappa shape index (κ2) is 9.54. The molecular weight excluding hydrogens is 388 g/mol. The summed E-state index contributed by atoms with van der Waals surface area (Å²) >= 11 is 0. The lowest BCUT2D eigenvalue weighted by Gasteiger charge is -2.41. The predicted octanol–water partition coefficient (Wildman–Crippen LogP) is 4.45. The van der Waals surface area contributed by atoms with Crippen LogP contribution in [-0.4, -0.2) is 47.9 Å². The number of hydrogen-bond acceptors (Lipinski definition) is 3. The van der Waals surface area contributed by atoms with Gasteiger partial charge in [0.25, 0.3) is 5.91 Å². The van der Waals surface area contributed by atoms with E-state index in [1.807, 2.05) is 69.9 Å². The maximum Gasteiger partial charge on any atom is 0.260 e. The highest BCUT2D eigenvalue weighted by atomic mass is 16.5. The number of carbonyl (C=O) groups excluding carboxylic acids is 2. The highest BCUT2D eigenvalue weighted by molar-refractivity contribution is 5.83. The maximum atomic E-state index is 13.3. The summed E-state index contributed by atoms with van der Waals surface area (Å²) in [6, 6.07) is 16.0. The van der Waals surface area contributed by atoms with E-state index in [0.29, 0.717) is 25.4 Å². The quantitative estimate of drug-likeness (QED) is 0.691. The molecule has 0 aliphatic carbocycles. The number of benzene rings is 2. The molecule has 2 aromatic carbocycles. The van der Waals surface area contributed by atoms with Crippen molar-refractivity contribution in [1.82, 2.24) is 9.80 Å². The van der Waals surface area contributed by atoms with E-state index in [2.05, 4.69) is 18.2 Å². The van der Waals surface area contributed by atoms with E-state index in [-0.39, 0.29) is 24.5 Å². The van der Waals surface area contributed by atoms with Gasteiger partial charge < -0.3 is 14.5 Å². The molecule has 0 saturated heterocycles. The second-order valence-electron chi connectivity index (χ2n) is 9.03. The molecule has 0 spiro atoms. The van der Waals surface area contributed by atoms with Crippen LogP contribution in [-0.2, 0) is 16.0 Å². The average molecular weight is 423 g/mol. The molecule has 5 nitrogen and oxygen atoms in total. The molecule has 1 atom stereocenters. The molecule has 0 aromatic heterocycles. The minimum absolute atomic E-state index is 0.0150. The van der Waals surface area contributed by atoms with Crippen molar-refractivity contribution in [2.45, 2.75) is 47.1 Å². The van der Waals surface area contributed by atoms with Gasteiger partial charge in [-0.05, 0) is 49.1 Å². The van der Waals surface area contributed by atoms with E-state index in [1.54, 1.807) is 4.90 Å². The van der Waals surface area contributed by atoms with Crippen molar-refractivity contribution in [2.75, 3.05) is 26.2 Å². The van der Waals surface area contributed by atoms with Crippen LogP contribution in [0.1, 0.15) is 57.4 Å². The third-order valence-electron chi connectivity index (χ3n) is 5.84. The van der Waals surface area contributed by atoms with Crippen LogP contribution in [0.3, 0.4) is 0 Å². The minimum Gasteiger partial charge on any atom is -0.484 e. The van der Waals surface area contributed by atoms with E-state index < -0.39 is 5.41 Å². The van der Waals surface area contributed by atoms with Gasteiger partial charge in [-0.2, -0.15) is 0 Å². The Morgan fingerprint density at radius 2 is 1.74 bits per heavy atom. The molecule has 1 heterocycles. The molecule has 3 rings (SSSR count). The molecule has 5 heteroatoms. The van der Waals surface area contributed by atoms with Crippen LogP contribution in [0.5, 0.6) is 5.75 Å². The smallest absolute Gasteiger partial charge is 0.260 e. The monoisotopic (exact) mass is 422 g/mol. The molecule has 0 fully saturated rings. The fourth-order valence-corrected chi connectivity index (χ4v) is 4.14. The van der Waals surface area contributed by atoms with Crippen LogP contribution in [0, 0.1) is 5.41 Å². The van der Waals surface area contributed by atoms with Gasteiger partial charge in [-0.15, -0.1) is 0 Å². The first-order chi connectivity index (χ1) is 14.8. The summed E-state index contributed by atoms with van der Waals surface area (Å²) in [4.78, 5) is 29.4. The van der Waals surface area contributed by atoms with Crippen molar-refractivity contribution in [3.63, 3.8) is 0 Å². The highest BCUT2D eigenvalue weighted by Crippen LogP contribution is 2.39. The molecule has 0 radical (unpaired) electrons. The van der Waals surface area contributed by atoms with Gasteiger partial charge in [0.1, 0.15) is 5.75 Å². The molecule has 2 aromatic rings. The van der Waals surface area contributed by atoms with Crippen molar-refractivity contribution < 1.29 is 14.3 Å². The highest BCUT2D eigenvalue weighted by Gasteiger charge is 2.37. The summed E-state index contributed by atoms with van der Waals surface area (Å²) in [5.74, 6) is 0.771. The zero-order chi connectivity index (χ0) is 22.6. The van der Waals surface area contributed by atoms with Crippen molar-refractivity contribution in [2.24, 2.45) is 5.41 Å². The number of carbonyl (C=O) groups is 2. The van der Waals surface area contributed by atoms with Gasteiger partial charge in [-0.25, -0.2) is 0 Å². The number of fused-ring (bicyclic) bond motifs is 1. The van der Waals surface area contributed by atoms with Crippen LogP contribution in [0.25, 0.3) is 0 Å². The average Bonchev–Trinajstić information content (AvgIpc) is 2.77. The molecular formula is C26H34N2O3. The first-order valence-electron chi connectivity index (χ1n) is 11.2. The zero-order valence-electron chi connectivity index (χ0n) is 19.4. The van der Waals surface area contributed by atoms with Crippen LogP contribution in [0.15, 0.2) is 48.5 Å². The number of nitrogens with zero attached hydrogens (tertiary/aromatic N) is 2. The fraction of sp³-hybridized carbons (Fsp3) is 0.462. The Kier molecular flexibility index (Phi) is 7.04. The molecule has 0 saturated carbocycles. The summed E-state index contributed by atoms with van der Waals surface area (Å²) in [6.45, 7) is 11.9. The Balaban J connectivity index is 1.94. The normalized spacial score (nSPS) is 15.9. The Hall–Kier alpha value is -2.82. The number of amides is 2. The van der Waals surface area contributed by atoms with Crippen molar-refractivity contribution in [1.29, 1.82) is 0 Å². The van der Waals surface area contributed by atoms with Gasteiger partial charge in [0.15, 0.2) is 6.61 Å². The summed E-state index contributed by atoms with van der Waals surface area (Å²) in [7, 11) is 0. The standard InChI is InChI=1S/C26H34N2O3/c1-6-27(7-2)23(29)18-31-21-14-13-19-15-16-28(25(30)26(3,4)5)24(22(19)17-21)20-11-9-8-10-12-20/h8-14,17,24H,6-7,15-16,18H2,1-5H3. The van der Waals surface area contributed by atoms with Crippen LogP contribution >= 0.6 is 0 Å². The van der Waals surface area contributed by atoms with E-state index in [9.17, 15) is 9.59 Å². The first-order valence-corrected chi connectivity index (χ1v) is 11.2. The SMILES string of the molecule is CCN(CC)C(=O)COc1ccc2c(c1)C(c1ccccc1)N(C(=O)C(C)(C)C)CC2. The van der Waals surface area contributed by atoms with E-state index >= 15 is 0 Å². The third kappa shape index (κ3) is 5.09. The van der Waals surface area contributed by atoms with Crippen molar-refractivity contribution in [3.05, 3.63) is 65.2 Å².